The minimum absolute atomic E-state index is 0.130. The van der Waals surface area contributed by atoms with Gasteiger partial charge in [-0.05, 0) is 48.9 Å². The molecule has 0 N–H and O–H groups in total. The van der Waals surface area contributed by atoms with Crippen LogP contribution < -0.4 is 0 Å². The molecule has 5 nitrogen and oxygen atoms in total. The normalized spacial score (nSPS) is 13.5. The van der Waals surface area contributed by atoms with Crippen molar-refractivity contribution >= 4 is 23.5 Å². The van der Waals surface area contributed by atoms with Gasteiger partial charge in [-0.15, -0.1) is 10.2 Å². The van der Waals surface area contributed by atoms with Crippen molar-refractivity contribution in [2.45, 2.75) is 25.3 Å². The van der Waals surface area contributed by atoms with Gasteiger partial charge in [0.15, 0.2) is 5.01 Å². The van der Waals surface area contributed by atoms with Crippen molar-refractivity contribution in [2.24, 2.45) is 0 Å². The van der Waals surface area contributed by atoms with Gasteiger partial charge in [0, 0.05) is 18.0 Å². The summed E-state index contributed by atoms with van der Waals surface area (Å²) in [7, 11) is 0. The summed E-state index contributed by atoms with van der Waals surface area (Å²) < 4.78 is 80.6. The van der Waals surface area contributed by atoms with Gasteiger partial charge in [0.1, 0.15) is 10.7 Å². The van der Waals surface area contributed by atoms with Gasteiger partial charge in [-0.1, -0.05) is 23.5 Å². The molecule has 176 valence electrons. The highest BCUT2D eigenvalue weighted by atomic mass is 32.1. The van der Waals surface area contributed by atoms with E-state index in [9.17, 15) is 26.3 Å². The molecule has 0 aliphatic heterocycles. The summed E-state index contributed by atoms with van der Waals surface area (Å²) in [4.78, 5) is 4.20. The van der Waals surface area contributed by atoms with Crippen LogP contribution in [-0.4, -0.2) is 25.0 Å². The van der Waals surface area contributed by atoms with Crippen LogP contribution in [0.5, 0.6) is 0 Å². The Labute approximate surface area is 193 Å². The van der Waals surface area contributed by atoms with Crippen LogP contribution in [0.3, 0.4) is 0 Å². The molecule has 0 bridgehead atoms. The van der Waals surface area contributed by atoms with E-state index < -0.39 is 29.5 Å². The summed E-state index contributed by atoms with van der Waals surface area (Å²) in [6.07, 6.45) is -1.92. The lowest BCUT2D eigenvalue weighted by atomic mass is 9.98. The maximum atomic E-state index is 13.5. The van der Waals surface area contributed by atoms with E-state index in [1.807, 2.05) is 6.07 Å². The largest absolute Gasteiger partial charge is 0.416 e. The predicted molar refractivity (Wildman–Crippen MR) is 115 cm³/mol. The van der Waals surface area contributed by atoms with Gasteiger partial charge in [-0.25, -0.2) is 0 Å². The zero-order valence-corrected chi connectivity index (χ0v) is 18.2. The van der Waals surface area contributed by atoms with Crippen LogP contribution in [0, 0.1) is 0 Å². The van der Waals surface area contributed by atoms with Crippen LogP contribution in [-0.2, 0) is 12.4 Å². The number of hydrogen-bond donors (Lipinski definition) is 0. The molecular weight excluding hydrogens is 480 g/mol. The van der Waals surface area contributed by atoms with E-state index in [4.69, 9.17) is 0 Å². The van der Waals surface area contributed by atoms with Gasteiger partial charge in [0.05, 0.1) is 23.4 Å². The number of aromatic nitrogens is 5. The Balaban J connectivity index is 1.56. The third-order valence-corrected chi connectivity index (χ3v) is 5.81. The molecule has 0 saturated heterocycles. The molecule has 0 aliphatic carbocycles. The second-order valence-electron chi connectivity index (χ2n) is 7.22. The first-order valence-electron chi connectivity index (χ1n) is 9.78. The van der Waals surface area contributed by atoms with Crippen molar-refractivity contribution in [3.05, 3.63) is 82.3 Å². The molecule has 0 spiro atoms. The summed E-state index contributed by atoms with van der Waals surface area (Å²) in [5.41, 5.74) is -1.77. The second-order valence-corrected chi connectivity index (χ2v) is 8.23. The maximum Gasteiger partial charge on any atom is 0.416 e. The minimum Gasteiger partial charge on any atom is -0.265 e. The van der Waals surface area contributed by atoms with Gasteiger partial charge < -0.3 is 0 Å². The lowest BCUT2D eigenvalue weighted by Gasteiger charge is -2.20. The van der Waals surface area contributed by atoms with E-state index in [1.54, 1.807) is 30.5 Å². The number of rotatable bonds is 5. The van der Waals surface area contributed by atoms with E-state index >= 15 is 0 Å². The smallest absolute Gasteiger partial charge is 0.265 e. The molecule has 0 saturated carbocycles. The highest BCUT2D eigenvalue weighted by Gasteiger charge is 2.39. The van der Waals surface area contributed by atoms with Crippen LogP contribution in [0.25, 0.3) is 22.9 Å². The van der Waals surface area contributed by atoms with Gasteiger partial charge in [-0.2, -0.15) is 31.4 Å². The lowest BCUT2D eigenvalue weighted by Crippen LogP contribution is -2.17. The Morgan fingerprint density at radius 1 is 0.971 bits per heavy atom. The van der Waals surface area contributed by atoms with Crippen molar-refractivity contribution in [3.63, 3.8) is 0 Å². The number of nitrogens with zero attached hydrogens (tertiary/aromatic N) is 5. The molecule has 3 aromatic heterocycles. The molecule has 12 heteroatoms. The van der Waals surface area contributed by atoms with Crippen molar-refractivity contribution < 1.29 is 26.3 Å². The SMILES string of the molecule is CC(c1ccc(C(F)(F)F)cc1C(F)(F)F)n1cc(/C=C\c2nnc(-c3ccccn3)s2)cn1. The second kappa shape index (κ2) is 9.01. The van der Waals surface area contributed by atoms with Crippen LogP contribution in [0.4, 0.5) is 26.3 Å². The summed E-state index contributed by atoms with van der Waals surface area (Å²) in [6.45, 7) is 1.43. The van der Waals surface area contributed by atoms with Crippen LogP contribution >= 0.6 is 11.3 Å². The Morgan fingerprint density at radius 3 is 2.44 bits per heavy atom. The molecule has 3 heterocycles. The molecule has 4 rings (SSSR count). The van der Waals surface area contributed by atoms with Crippen molar-refractivity contribution in [1.82, 2.24) is 25.0 Å². The minimum atomic E-state index is -4.95. The fourth-order valence-corrected chi connectivity index (χ4v) is 3.92. The Hall–Kier alpha value is -3.54. The zero-order valence-electron chi connectivity index (χ0n) is 17.3. The standard InChI is InChI=1S/C22H15F6N5S/c1-13(16-7-6-15(21(23,24)25)10-17(16)22(26,27)28)33-12-14(11-30-33)5-8-19-31-32-20(34-19)18-4-2-3-9-29-18/h2-13H,1H3/b8-5-. The fourth-order valence-electron chi connectivity index (χ4n) is 3.20. The topological polar surface area (TPSA) is 56.5 Å². The average Bonchev–Trinajstić information content (AvgIpc) is 3.46. The Morgan fingerprint density at radius 2 is 1.76 bits per heavy atom. The molecule has 1 unspecified atom stereocenters. The predicted octanol–water partition coefficient (Wildman–Crippen LogP) is 6.61. The molecular formula is C22H15F6N5S. The van der Waals surface area contributed by atoms with Gasteiger partial charge >= 0.3 is 12.4 Å². The fraction of sp³-hybridized carbons (Fsp3) is 0.182. The number of benzene rings is 1. The first-order chi connectivity index (χ1) is 16.0. The summed E-state index contributed by atoms with van der Waals surface area (Å²) in [6, 6.07) is 6.06. The van der Waals surface area contributed by atoms with E-state index in [0.717, 1.165) is 6.07 Å². The molecule has 34 heavy (non-hydrogen) atoms. The number of pyridine rings is 1. The van der Waals surface area contributed by atoms with Crippen molar-refractivity contribution in [3.8, 4) is 10.7 Å². The van der Waals surface area contributed by atoms with E-state index in [1.165, 1.54) is 35.3 Å². The third-order valence-electron chi connectivity index (χ3n) is 4.90. The van der Waals surface area contributed by atoms with Crippen LogP contribution in [0.15, 0.2) is 55.0 Å². The van der Waals surface area contributed by atoms with Gasteiger partial charge in [0.25, 0.3) is 0 Å². The Bertz CT molecular complexity index is 1310. The van der Waals surface area contributed by atoms with Gasteiger partial charge in [0.2, 0.25) is 0 Å². The first-order valence-corrected chi connectivity index (χ1v) is 10.6. The number of halogens is 6. The maximum absolute atomic E-state index is 13.5. The lowest BCUT2D eigenvalue weighted by molar-refractivity contribution is -0.143. The number of alkyl halides is 6. The number of hydrogen-bond acceptors (Lipinski definition) is 5. The van der Waals surface area contributed by atoms with Crippen molar-refractivity contribution in [1.29, 1.82) is 0 Å². The van der Waals surface area contributed by atoms with E-state index in [-0.39, 0.29) is 11.6 Å². The van der Waals surface area contributed by atoms with E-state index in [2.05, 4.69) is 20.3 Å². The Kier molecular flexibility index (Phi) is 6.26. The quantitative estimate of drug-likeness (QED) is 0.292. The average molecular weight is 495 g/mol. The molecule has 0 fully saturated rings. The summed E-state index contributed by atoms with van der Waals surface area (Å²) in [5, 5.41) is 13.4. The summed E-state index contributed by atoms with van der Waals surface area (Å²) in [5.74, 6) is 0. The monoisotopic (exact) mass is 495 g/mol. The highest BCUT2D eigenvalue weighted by molar-refractivity contribution is 7.15. The molecule has 0 amide bonds. The van der Waals surface area contributed by atoms with Crippen LogP contribution in [0.1, 0.15) is 40.2 Å². The van der Waals surface area contributed by atoms with E-state index in [0.29, 0.717) is 27.3 Å². The summed E-state index contributed by atoms with van der Waals surface area (Å²) >= 11 is 1.31. The van der Waals surface area contributed by atoms with Crippen LogP contribution in [0.2, 0.25) is 0 Å². The molecule has 1 atom stereocenters. The molecule has 0 aliphatic rings. The molecule has 1 aromatic carbocycles. The van der Waals surface area contributed by atoms with Crippen molar-refractivity contribution in [2.75, 3.05) is 0 Å². The van der Waals surface area contributed by atoms with Gasteiger partial charge in [-0.3, -0.25) is 9.67 Å². The highest BCUT2D eigenvalue weighted by Crippen LogP contribution is 2.39. The third kappa shape index (κ3) is 5.16. The molecule has 4 aromatic rings. The molecule has 0 radical (unpaired) electrons. The first kappa shape index (κ1) is 23.6. The zero-order chi connectivity index (χ0) is 24.5.